The van der Waals surface area contributed by atoms with Gasteiger partial charge in [0, 0.05) is 25.0 Å². The van der Waals surface area contributed by atoms with Gasteiger partial charge in [0.2, 0.25) is 0 Å². The van der Waals surface area contributed by atoms with Crippen molar-refractivity contribution >= 4 is 5.97 Å². The van der Waals surface area contributed by atoms with Gasteiger partial charge in [-0.2, -0.15) is 0 Å². The van der Waals surface area contributed by atoms with Crippen LogP contribution >= 0.6 is 0 Å². The number of aromatic nitrogens is 3. The van der Waals surface area contributed by atoms with E-state index >= 15 is 0 Å². The van der Waals surface area contributed by atoms with Crippen LogP contribution in [0.2, 0.25) is 0 Å². The van der Waals surface area contributed by atoms with Crippen LogP contribution in [0.1, 0.15) is 40.8 Å². The lowest BCUT2D eigenvalue weighted by molar-refractivity contribution is 0.0694. The lowest BCUT2D eigenvalue weighted by Crippen LogP contribution is -2.09. The molecule has 2 rings (SSSR count). The second kappa shape index (κ2) is 6.04. The van der Waals surface area contributed by atoms with Gasteiger partial charge in [0.05, 0.1) is 11.3 Å². The zero-order chi connectivity index (χ0) is 13.7. The summed E-state index contributed by atoms with van der Waals surface area (Å²) in [4.78, 5) is 23.5. The van der Waals surface area contributed by atoms with E-state index in [1.54, 1.807) is 12.4 Å². The lowest BCUT2D eigenvalue weighted by Gasteiger charge is -2.06. The average Bonchev–Trinajstić information content (AvgIpc) is 2.40. The van der Waals surface area contributed by atoms with Gasteiger partial charge < -0.3 is 5.11 Å². The average molecular weight is 257 g/mol. The van der Waals surface area contributed by atoms with Crippen molar-refractivity contribution in [2.45, 2.75) is 26.2 Å². The van der Waals surface area contributed by atoms with Crippen molar-refractivity contribution in [2.24, 2.45) is 0 Å². The maximum Gasteiger partial charge on any atom is 0.339 e. The molecule has 0 spiro atoms. The van der Waals surface area contributed by atoms with Gasteiger partial charge in [-0.15, -0.1) is 0 Å². The first kappa shape index (κ1) is 13.1. The van der Waals surface area contributed by atoms with Crippen LogP contribution in [0.3, 0.4) is 0 Å². The van der Waals surface area contributed by atoms with Crippen LogP contribution < -0.4 is 0 Å². The van der Waals surface area contributed by atoms with E-state index in [1.807, 2.05) is 19.1 Å². The number of carboxylic acid groups (broad SMARTS) is 1. The summed E-state index contributed by atoms with van der Waals surface area (Å²) in [6.45, 7) is 2.00. The number of pyridine rings is 1. The predicted molar refractivity (Wildman–Crippen MR) is 70.0 cm³/mol. The number of carbonyl (C=O) groups is 1. The summed E-state index contributed by atoms with van der Waals surface area (Å²) in [5.74, 6) is -0.335. The van der Waals surface area contributed by atoms with Gasteiger partial charge in [-0.1, -0.05) is 13.3 Å². The first-order chi connectivity index (χ1) is 9.20. The van der Waals surface area contributed by atoms with Crippen molar-refractivity contribution in [1.29, 1.82) is 0 Å². The minimum absolute atomic E-state index is 0.195. The Kier molecular flexibility index (Phi) is 4.18. The Balaban J connectivity index is 2.27. The third-order valence-electron chi connectivity index (χ3n) is 2.75. The first-order valence-electron chi connectivity index (χ1n) is 6.17. The molecule has 0 aliphatic rings. The summed E-state index contributed by atoms with van der Waals surface area (Å²) in [5.41, 5.74) is 1.86. The molecule has 0 aromatic carbocycles. The van der Waals surface area contributed by atoms with Gasteiger partial charge in [0.1, 0.15) is 5.82 Å². The third kappa shape index (κ3) is 3.34. The lowest BCUT2D eigenvalue weighted by atomic mass is 10.1. The molecular weight excluding hydrogens is 242 g/mol. The van der Waals surface area contributed by atoms with Crippen LogP contribution in [-0.4, -0.2) is 26.0 Å². The highest BCUT2D eigenvalue weighted by Gasteiger charge is 2.12. The van der Waals surface area contributed by atoms with Crippen molar-refractivity contribution in [3.8, 4) is 0 Å². The summed E-state index contributed by atoms with van der Waals surface area (Å²) >= 11 is 0. The summed E-state index contributed by atoms with van der Waals surface area (Å²) < 4.78 is 0. The quantitative estimate of drug-likeness (QED) is 0.887. The fourth-order valence-electron chi connectivity index (χ4n) is 1.83. The van der Waals surface area contributed by atoms with Crippen LogP contribution in [0, 0.1) is 0 Å². The van der Waals surface area contributed by atoms with Gasteiger partial charge in [-0.25, -0.2) is 14.8 Å². The Morgan fingerprint density at radius 3 is 2.68 bits per heavy atom. The van der Waals surface area contributed by atoms with Crippen molar-refractivity contribution in [2.75, 3.05) is 0 Å². The molecule has 5 heteroatoms. The topological polar surface area (TPSA) is 76.0 Å². The molecule has 5 nitrogen and oxygen atoms in total. The molecule has 0 saturated heterocycles. The molecule has 0 radical (unpaired) electrons. The molecule has 2 aromatic heterocycles. The number of aryl methyl sites for hydroxylation is 1. The fourth-order valence-corrected chi connectivity index (χ4v) is 1.83. The van der Waals surface area contributed by atoms with Crippen molar-refractivity contribution in [3.05, 3.63) is 53.4 Å². The van der Waals surface area contributed by atoms with E-state index in [4.69, 9.17) is 5.11 Å². The monoisotopic (exact) mass is 257 g/mol. The SMILES string of the molecule is CCCc1nc(Cc2ccncc2)ncc1C(=O)O. The highest BCUT2D eigenvalue weighted by Crippen LogP contribution is 2.11. The maximum absolute atomic E-state index is 11.1. The highest BCUT2D eigenvalue weighted by molar-refractivity contribution is 5.88. The molecular formula is C14H15N3O2. The Hall–Kier alpha value is -2.30. The maximum atomic E-state index is 11.1. The number of hydrogen-bond acceptors (Lipinski definition) is 4. The smallest absolute Gasteiger partial charge is 0.339 e. The molecule has 0 amide bonds. The Labute approximate surface area is 111 Å². The van der Waals surface area contributed by atoms with E-state index in [0.29, 0.717) is 24.4 Å². The zero-order valence-corrected chi connectivity index (χ0v) is 10.7. The summed E-state index contributed by atoms with van der Waals surface area (Å²) in [5, 5.41) is 9.08. The summed E-state index contributed by atoms with van der Waals surface area (Å²) in [7, 11) is 0. The second-order valence-electron chi connectivity index (χ2n) is 4.23. The van der Waals surface area contributed by atoms with Crippen molar-refractivity contribution < 1.29 is 9.90 Å². The number of aromatic carboxylic acids is 1. The van der Waals surface area contributed by atoms with Gasteiger partial charge in [-0.3, -0.25) is 4.98 Å². The Morgan fingerprint density at radius 1 is 1.32 bits per heavy atom. The Bertz CT molecular complexity index is 570. The van der Waals surface area contributed by atoms with E-state index < -0.39 is 5.97 Å². The molecule has 0 bridgehead atoms. The predicted octanol–water partition coefficient (Wildman–Crippen LogP) is 2.11. The molecule has 0 unspecified atom stereocenters. The standard InChI is InChI=1S/C14H15N3O2/c1-2-3-12-11(14(18)19)9-16-13(17-12)8-10-4-6-15-7-5-10/h4-7,9H,2-3,8H2,1H3,(H,18,19). The van der Waals surface area contributed by atoms with Crippen LogP contribution in [0.15, 0.2) is 30.7 Å². The normalized spacial score (nSPS) is 10.4. The summed E-state index contributed by atoms with van der Waals surface area (Å²) in [6, 6.07) is 3.79. The molecule has 0 atom stereocenters. The minimum Gasteiger partial charge on any atom is -0.478 e. The van der Waals surface area contributed by atoms with Crippen LogP contribution in [0.25, 0.3) is 0 Å². The number of rotatable bonds is 5. The van der Waals surface area contributed by atoms with Gasteiger partial charge in [0.15, 0.2) is 0 Å². The number of carboxylic acids is 1. The zero-order valence-electron chi connectivity index (χ0n) is 10.7. The first-order valence-corrected chi connectivity index (χ1v) is 6.17. The Morgan fingerprint density at radius 2 is 2.05 bits per heavy atom. The van der Waals surface area contributed by atoms with Crippen LogP contribution in [0.5, 0.6) is 0 Å². The van der Waals surface area contributed by atoms with E-state index in [2.05, 4.69) is 15.0 Å². The molecule has 19 heavy (non-hydrogen) atoms. The van der Waals surface area contributed by atoms with Crippen LogP contribution in [-0.2, 0) is 12.8 Å². The van der Waals surface area contributed by atoms with E-state index in [1.165, 1.54) is 6.20 Å². The van der Waals surface area contributed by atoms with Crippen molar-refractivity contribution in [1.82, 2.24) is 15.0 Å². The molecule has 1 N–H and O–H groups in total. The third-order valence-corrected chi connectivity index (χ3v) is 2.75. The number of hydrogen-bond donors (Lipinski definition) is 1. The van der Waals surface area contributed by atoms with Crippen molar-refractivity contribution in [3.63, 3.8) is 0 Å². The second-order valence-corrected chi connectivity index (χ2v) is 4.23. The van der Waals surface area contributed by atoms with E-state index in [0.717, 1.165) is 12.0 Å². The molecule has 0 aliphatic heterocycles. The molecule has 2 aromatic rings. The van der Waals surface area contributed by atoms with Crippen LogP contribution in [0.4, 0.5) is 0 Å². The summed E-state index contributed by atoms with van der Waals surface area (Å²) in [6.07, 6.45) is 6.91. The number of nitrogens with zero attached hydrogens (tertiary/aromatic N) is 3. The molecule has 98 valence electrons. The molecule has 0 aliphatic carbocycles. The van der Waals surface area contributed by atoms with E-state index in [-0.39, 0.29) is 5.56 Å². The van der Waals surface area contributed by atoms with Gasteiger partial charge >= 0.3 is 5.97 Å². The molecule has 0 saturated carbocycles. The largest absolute Gasteiger partial charge is 0.478 e. The van der Waals surface area contributed by atoms with E-state index in [9.17, 15) is 4.79 Å². The highest BCUT2D eigenvalue weighted by atomic mass is 16.4. The molecule has 2 heterocycles. The molecule has 0 fully saturated rings. The van der Waals surface area contributed by atoms with Gasteiger partial charge in [0.25, 0.3) is 0 Å². The minimum atomic E-state index is -0.973. The fraction of sp³-hybridized carbons (Fsp3) is 0.286. The van der Waals surface area contributed by atoms with Gasteiger partial charge in [-0.05, 0) is 24.1 Å².